The van der Waals surface area contributed by atoms with Gasteiger partial charge in [0.25, 0.3) is 5.69 Å². The predicted molar refractivity (Wildman–Crippen MR) is 97.8 cm³/mol. The number of furan rings is 1. The normalized spacial score (nSPS) is 10.5. The molecule has 0 aliphatic carbocycles. The Morgan fingerprint density at radius 1 is 1.20 bits per heavy atom. The molecule has 3 rings (SSSR count). The van der Waals surface area contributed by atoms with Gasteiger partial charge in [0.15, 0.2) is 0 Å². The molecule has 0 bridgehead atoms. The van der Waals surface area contributed by atoms with Crippen LogP contribution in [0.4, 0.5) is 5.69 Å². The van der Waals surface area contributed by atoms with Gasteiger partial charge in [-0.1, -0.05) is 20.3 Å². The first-order chi connectivity index (χ1) is 12.0. The van der Waals surface area contributed by atoms with Crippen LogP contribution in [0, 0.1) is 10.1 Å². The van der Waals surface area contributed by atoms with Gasteiger partial charge in [-0.25, -0.2) is 4.72 Å². The van der Waals surface area contributed by atoms with Gasteiger partial charge < -0.3 is 9.52 Å². The van der Waals surface area contributed by atoms with Gasteiger partial charge in [0.1, 0.15) is 17.7 Å². The van der Waals surface area contributed by atoms with Crippen molar-refractivity contribution in [2.24, 2.45) is 0 Å². The van der Waals surface area contributed by atoms with E-state index in [0.717, 1.165) is 15.7 Å². The number of hydrogen-bond acceptors (Lipinski definition) is 6. The van der Waals surface area contributed by atoms with E-state index < -0.39 is 10.9 Å². The molecule has 3 aromatic rings. The van der Waals surface area contributed by atoms with Crippen molar-refractivity contribution in [2.45, 2.75) is 25.2 Å². The number of rotatable bonds is 5. The van der Waals surface area contributed by atoms with Crippen LogP contribution in [0.3, 0.4) is 0 Å². The Bertz CT molecular complexity index is 907. The molecular formula is C17H18N2O5S. The van der Waals surface area contributed by atoms with Crippen LogP contribution in [0.15, 0.2) is 45.7 Å². The second-order valence-corrected chi connectivity index (χ2v) is 6.19. The van der Waals surface area contributed by atoms with Gasteiger partial charge in [0, 0.05) is 21.7 Å². The minimum atomic E-state index is -0.940. The average molecular weight is 362 g/mol. The van der Waals surface area contributed by atoms with Crippen molar-refractivity contribution in [3.63, 3.8) is 0 Å². The smallest absolute Gasteiger partial charge is 0.318 e. The molecule has 132 valence electrons. The van der Waals surface area contributed by atoms with E-state index in [9.17, 15) is 14.9 Å². The number of aliphatic carboxylic acids is 1. The lowest BCUT2D eigenvalue weighted by Crippen LogP contribution is -2.15. The number of nitro groups is 1. The highest BCUT2D eigenvalue weighted by atomic mass is 32.2. The van der Waals surface area contributed by atoms with E-state index >= 15 is 0 Å². The molecule has 0 unspecified atom stereocenters. The lowest BCUT2D eigenvalue weighted by molar-refractivity contribution is -0.384. The largest absolute Gasteiger partial charge is 0.480 e. The number of nitrogens with zero attached hydrogens (tertiary/aromatic N) is 1. The molecule has 0 saturated heterocycles. The van der Waals surface area contributed by atoms with Gasteiger partial charge in [-0.3, -0.25) is 14.9 Å². The molecule has 0 aliphatic rings. The topological polar surface area (TPSA) is 106 Å². The highest BCUT2D eigenvalue weighted by Crippen LogP contribution is 2.33. The van der Waals surface area contributed by atoms with E-state index in [1.54, 1.807) is 12.1 Å². The van der Waals surface area contributed by atoms with E-state index in [1.165, 1.54) is 30.5 Å². The maximum absolute atomic E-state index is 10.8. The van der Waals surface area contributed by atoms with Crippen molar-refractivity contribution in [3.8, 4) is 0 Å². The first-order valence-electron chi connectivity index (χ1n) is 7.68. The molecule has 2 N–H and O–H groups in total. The lowest BCUT2D eigenvalue weighted by atomic mass is 10.1. The van der Waals surface area contributed by atoms with Gasteiger partial charge in [-0.05, 0) is 36.2 Å². The number of non-ortho nitro benzene ring substituents is 1. The standard InChI is InChI=1S/C14H10N2O5S.C3H8/c17-14(18)7-15-22-9-2-4-11-10-3-1-8(16(19)20)5-12(10)21-13(11)6-9;1-3-2/h1-6,15H,7H2,(H,17,18);3H2,1-2H3. The fraction of sp³-hybridized carbons (Fsp3) is 0.235. The molecule has 8 heteroatoms. The Hall–Kier alpha value is -2.58. The number of benzene rings is 2. The number of fused-ring (bicyclic) bond motifs is 3. The maximum atomic E-state index is 10.8. The molecule has 0 fully saturated rings. The zero-order chi connectivity index (χ0) is 18.4. The third kappa shape index (κ3) is 4.71. The Balaban J connectivity index is 0.000000701. The number of carboxylic acids is 1. The summed E-state index contributed by atoms with van der Waals surface area (Å²) in [7, 11) is 0. The summed E-state index contributed by atoms with van der Waals surface area (Å²) in [5.74, 6) is -0.940. The van der Waals surface area contributed by atoms with Crippen molar-refractivity contribution >= 4 is 45.5 Å². The van der Waals surface area contributed by atoms with Crippen molar-refractivity contribution in [1.82, 2.24) is 4.72 Å². The first-order valence-corrected chi connectivity index (χ1v) is 8.50. The Labute approximate surface area is 148 Å². The Morgan fingerprint density at radius 2 is 1.80 bits per heavy atom. The molecule has 0 saturated carbocycles. The molecular weight excluding hydrogens is 344 g/mol. The van der Waals surface area contributed by atoms with Crippen LogP contribution in [-0.2, 0) is 4.79 Å². The molecule has 0 radical (unpaired) electrons. The Morgan fingerprint density at radius 3 is 2.40 bits per heavy atom. The van der Waals surface area contributed by atoms with E-state index in [1.807, 2.05) is 12.1 Å². The minimum Gasteiger partial charge on any atom is -0.480 e. The van der Waals surface area contributed by atoms with Crippen LogP contribution in [0.5, 0.6) is 0 Å². The number of nitrogens with one attached hydrogen (secondary N) is 1. The fourth-order valence-corrected chi connectivity index (χ4v) is 2.77. The quantitative estimate of drug-likeness (QED) is 0.388. The second-order valence-electron chi connectivity index (χ2n) is 5.22. The van der Waals surface area contributed by atoms with E-state index in [0.29, 0.717) is 11.2 Å². The summed E-state index contributed by atoms with van der Waals surface area (Å²) in [5.41, 5.74) is 1.02. The van der Waals surface area contributed by atoms with Gasteiger partial charge in [0.2, 0.25) is 0 Å². The number of hydrogen-bond donors (Lipinski definition) is 2. The van der Waals surface area contributed by atoms with Crippen LogP contribution in [0.2, 0.25) is 0 Å². The summed E-state index contributed by atoms with van der Waals surface area (Å²) >= 11 is 1.18. The van der Waals surface area contributed by atoms with E-state index in [2.05, 4.69) is 18.6 Å². The summed E-state index contributed by atoms with van der Waals surface area (Å²) in [6.45, 7) is 4.09. The highest BCUT2D eigenvalue weighted by Gasteiger charge is 2.12. The third-order valence-corrected chi connectivity index (χ3v) is 3.83. The third-order valence-electron chi connectivity index (χ3n) is 3.05. The number of carboxylic acid groups (broad SMARTS) is 1. The van der Waals surface area contributed by atoms with E-state index in [4.69, 9.17) is 9.52 Å². The van der Waals surface area contributed by atoms with Crippen LogP contribution in [0.25, 0.3) is 21.9 Å². The van der Waals surface area contributed by atoms with Gasteiger partial charge >= 0.3 is 5.97 Å². The average Bonchev–Trinajstić information content (AvgIpc) is 2.92. The van der Waals surface area contributed by atoms with Crippen LogP contribution >= 0.6 is 11.9 Å². The van der Waals surface area contributed by atoms with Crippen molar-refractivity contribution in [2.75, 3.05) is 6.54 Å². The number of carbonyl (C=O) groups is 1. The summed E-state index contributed by atoms with van der Waals surface area (Å²) in [6, 6.07) is 9.94. The predicted octanol–water partition coefficient (Wildman–Crippen LogP) is 4.59. The second kappa shape index (κ2) is 8.50. The first kappa shape index (κ1) is 18.8. The monoisotopic (exact) mass is 362 g/mol. The lowest BCUT2D eigenvalue weighted by Gasteiger charge is -2.00. The molecule has 25 heavy (non-hydrogen) atoms. The molecule has 1 aromatic heterocycles. The van der Waals surface area contributed by atoms with E-state index in [-0.39, 0.29) is 12.2 Å². The molecule has 0 spiro atoms. The summed E-state index contributed by atoms with van der Waals surface area (Å²) in [5, 5.41) is 21.0. The molecule has 7 nitrogen and oxygen atoms in total. The van der Waals surface area contributed by atoms with Gasteiger partial charge in [-0.15, -0.1) is 0 Å². The highest BCUT2D eigenvalue weighted by molar-refractivity contribution is 7.97. The molecule has 0 amide bonds. The van der Waals surface area contributed by atoms with Gasteiger partial charge in [-0.2, -0.15) is 0 Å². The molecule has 0 atom stereocenters. The maximum Gasteiger partial charge on any atom is 0.318 e. The van der Waals surface area contributed by atoms with Crippen LogP contribution in [0.1, 0.15) is 20.3 Å². The van der Waals surface area contributed by atoms with Crippen LogP contribution in [-0.4, -0.2) is 22.5 Å². The molecule has 2 aromatic carbocycles. The zero-order valence-electron chi connectivity index (χ0n) is 13.8. The fourth-order valence-electron chi connectivity index (χ4n) is 2.10. The summed E-state index contributed by atoms with van der Waals surface area (Å²) in [6.07, 6.45) is 1.25. The SMILES string of the molecule is CCC.O=C(O)CNSc1ccc2c(c1)oc1cc([N+](=O)[O-])ccc12. The summed E-state index contributed by atoms with van der Waals surface area (Å²) < 4.78 is 8.36. The zero-order valence-corrected chi connectivity index (χ0v) is 14.6. The van der Waals surface area contributed by atoms with Crippen molar-refractivity contribution in [1.29, 1.82) is 0 Å². The van der Waals surface area contributed by atoms with Crippen molar-refractivity contribution < 1.29 is 19.2 Å². The number of nitro benzene ring substituents is 1. The molecule has 0 aliphatic heterocycles. The minimum absolute atomic E-state index is 0.0238. The Kier molecular flexibility index (Phi) is 6.37. The van der Waals surface area contributed by atoms with Crippen LogP contribution < -0.4 is 4.72 Å². The van der Waals surface area contributed by atoms with Gasteiger partial charge in [0.05, 0.1) is 11.0 Å². The van der Waals surface area contributed by atoms with Crippen molar-refractivity contribution in [3.05, 3.63) is 46.5 Å². The molecule has 1 heterocycles. The summed E-state index contributed by atoms with van der Waals surface area (Å²) in [4.78, 5) is 21.6.